The fraction of sp³-hybridized carbons (Fsp3) is 0.714. The monoisotopic (exact) mass is 249 g/mol. The molecule has 0 saturated heterocycles. The van der Waals surface area contributed by atoms with Crippen LogP contribution in [0.3, 0.4) is 0 Å². The minimum absolute atomic E-state index is 0.137. The first kappa shape index (κ1) is 13.1. The Hall–Kier alpha value is -1.32. The van der Waals surface area contributed by atoms with Crippen molar-refractivity contribution in [2.75, 3.05) is 5.32 Å². The van der Waals surface area contributed by atoms with E-state index < -0.39 is 0 Å². The molecule has 0 amide bonds. The fourth-order valence-corrected chi connectivity index (χ4v) is 2.45. The summed E-state index contributed by atoms with van der Waals surface area (Å²) in [5.41, 5.74) is 0. The van der Waals surface area contributed by atoms with Crippen molar-refractivity contribution in [3.63, 3.8) is 0 Å². The van der Waals surface area contributed by atoms with Crippen molar-refractivity contribution in [1.29, 1.82) is 0 Å². The first-order chi connectivity index (χ1) is 8.56. The van der Waals surface area contributed by atoms with Gasteiger partial charge in [0.15, 0.2) is 0 Å². The van der Waals surface area contributed by atoms with Crippen molar-refractivity contribution >= 4 is 5.95 Å². The van der Waals surface area contributed by atoms with Gasteiger partial charge in [-0.2, -0.15) is 4.98 Å². The lowest BCUT2D eigenvalue weighted by atomic mass is 9.98. The molecule has 1 saturated carbocycles. The van der Waals surface area contributed by atoms with Gasteiger partial charge >= 0.3 is 0 Å². The number of aromatic nitrogens is 2. The molecule has 1 heterocycles. The Morgan fingerprint density at radius 3 is 2.72 bits per heavy atom. The van der Waals surface area contributed by atoms with Crippen LogP contribution in [0.1, 0.15) is 40.5 Å². The number of anilines is 1. The Bertz CT molecular complexity index is 394. The molecule has 1 aliphatic carbocycles. The second-order valence-electron chi connectivity index (χ2n) is 5.55. The maximum Gasteiger partial charge on any atom is 0.226 e. The summed E-state index contributed by atoms with van der Waals surface area (Å²) in [5, 5.41) is 3.43. The molecule has 4 heteroatoms. The molecule has 0 bridgehead atoms. The average Bonchev–Trinajstić information content (AvgIpc) is 2.61. The van der Waals surface area contributed by atoms with Crippen molar-refractivity contribution in [1.82, 2.24) is 9.97 Å². The normalized spacial score (nSPS) is 27.5. The second-order valence-corrected chi connectivity index (χ2v) is 5.55. The van der Waals surface area contributed by atoms with Crippen molar-refractivity contribution in [2.45, 2.75) is 52.7 Å². The molecule has 1 aromatic heterocycles. The highest BCUT2D eigenvalue weighted by Crippen LogP contribution is 2.32. The predicted octanol–water partition coefficient (Wildman–Crippen LogP) is 3.11. The van der Waals surface area contributed by atoms with Gasteiger partial charge < -0.3 is 10.1 Å². The Morgan fingerprint density at radius 2 is 2.11 bits per heavy atom. The predicted molar refractivity (Wildman–Crippen MR) is 72.8 cm³/mol. The van der Waals surface area contributed by atoms with Gasteiger partial charge in [0.2, 0.25) is 11.8 Å². The zero-order valence-corrected chi connectivity index (χ0v) is 11.7. The van der Waals surface area contributed by atoms with Gasteiger partial charge in [0.05, 0.1) is 6.10 Å². The Balaban J connectivity index is 2.01. The van der Waals surface area contributed by atoms with Gasteiger partial charge in [-0.3, -0.25) is 0 Å². The summed E-state index contributed by atoms with van der Waals surface area (Å²) in [5.74, 6) is 2.76. The minimum atomic E-state index is 0.137. The molecule has 4 nitrogen and oxygen atoms in total. The number of rotatable bonds is 4. The van der Waals surface area contributed by atoms with Gasteiger partial charge in [0.1, 0.15) is 0 Å². The van der Waals surface area contributed by atoms with Crippen LogP contribution in [-0.4, -0.2) is 22.1 Å². The topological polar surface area (TPSA) is 47.0 Å². The third-order valence-electron chi connectivity index (χ3n) is 3.77. The number of nitrogens with one attached hydrogen (secondary N) is 1. The maximum atomic E-state index is 5.58. The zero-order chi connectivity index (χ0) is 13.1. The van der Waals surface area contributed by atoms with Gasteiger partial charge in [0, 0.05) is 18.3 Å². The van der Waals surface area contributed by atoms with Crippen molar-refractivity contribution in [3.05, 3.63) is 12.3 Å². The standard InChI is InChI=1S/C14H23N3O/c1-9(2)18-13-7-8-15-14(17-13)16-12-6-5-10(3)11(12)4/h7-12H,5-6H2,1-4H3,(H,15,16,17). The van der Waals surface area contributed by atoms with E-state index in [1.807, 2.05) is 13.8 Å². The highest BCUT2D eigenvalue weighted by atomic mass is 16.5. The summed E-state index contributed by atoms with van der Waals surface area (Å²) in [7, 11) is 0. The van der Waals surface area contributed by atoms with E-state index in [0.717, 1.165) is 5.92 Å². The van der Waals surface area contributed by atoms with Crippen LogP contribution in [0, 0.1) is 11.8 Å². The van der Waals surface area contributed by atoms with Crippen LogP contribution in [0.5, 0.6) is 5.88 Å². The summed E-state index contributed by atoms with van der Waals surface area (Å²) in [6.45, 7) is 8.60. The lowest BCUT2D eigenvalue weighted by Crippen LogP contribution is -2.25. The van der Waals surface area contributed by atoms with E-state index in [1.165, 1.54) is 12.8 Å². The molecular formula is C14H23N3O. The molecule has 1 N–H and O–H groups in total. The molecule has 1 aliphatic rings. The van der Waals surface area contributed by atoms with Crippen LogP contribution in [0.25, 0.3) is 0 Å². The Morgan fingerprint density at radius 1 is 1.33 bits per heavy atom. The van der Waals surface area contributed by atoms with Gasteiger partial charge in [-0.15, -0.1) is 0 Å². The second kappa shape index (κ2) is 5.55. The summed E-state index contributed by atoms with van der Waals surface area (Å²) >= 11 is 0. The lowest BCUT2D eigenvalue weighted by Gasteiger charge is -2.19. The molecular weight excluding hydrogens is 226 g/mol. The van der Waals surface area contributed by atoms with Crippen LogP contribution in [0.2, 0.25) is 0 Å². The van der Waals surface area contributed by atoms with E-state index in [-0.39, 0.29) is 6.10 Å². The molecule has 18 heavy (non-hydrogen) atoms. The number of hydrogen-bond donors (Lipinski definition) is 1. The molecule has 1 fully saturated rings. The molecule has 3 unspecified atom stereocenters. The quantitative estimate of drug-likeness (QED) is 0.890. The lowest BCUT2D eigenvalue weighted by molar-refractivity contribution is 0.232. The number of nitrogens with zero attached hydrogens (tertiary/aromatic N) is 2. The first-order valence-corrected chi connectivity index (χ1v) is 6.82. The first-order valence-electron chi connectivity index (χ1n) is 6.82. The van der Waals surface area contributed by atoms with E-state index in [1.54, 1.807) is 12.3 Å². The van der Waals surface area contributed by atoms with Gasteiger partial charge in [-0.25, -0.2) is 4.98 Å². The smallest absolute Gasteiger partial charge is 0.226 e. The highest BCUT2D eigenvalue weighted by Gasteiger charge is 2.30. The van der Waals surface area contributed by atoms with Crippen LogP contribution in [0.4, 0.5) is 5.95 Å². The Kier molecular flexibility index (Phi) is 4.04. The molecule has 1 aromatic rings. The third kappa shape index (κ3) is 3.12. The summed E-state index contributed by atoms with van der Waals surface area (Å²) in [4.78, 5) is 8.66. The van der Waals surface area contributed by atoms with Crippen molar-refractivity contribution in [2.24, 2.45) is 11.8 Å². The average molecular weight is 249 g/mol. The number of hydrogen-bond acceptors (Lipinski definition) is 4. The summed E-state index contributed by atoms with van der Waals surface area (Å²) in [6, 6.07) is 2.28. The molecule has 0 aliphatic heterocycles. The van der Waals surface area contributed by atoms with E-state index in [2.05, 4.69) is 29.1 Å². The molecule has 100 valence electrons. The van der Waals surface area contributed by atoms with E-state index in [4.69, 9.17) is 4.74 Å². The van der Waals surface area contributed by atoms with Crippen LogP contribution < -0.4 is 10.1 Å². The zero-order valence-electron chi connectivity index (χ0n) is 11.7. The van der Waals surface area contributed by atoms with E-state index in [0.29, 0.717) is 23.8 Å². The van der Waals surface area contributed by atoms with Crippen molar-refractivity contribution < 1.29 is 4.74 Å². The van der Waals surface area contributed by atoms with Crippen LogP contribution >= 0.6 is 0 Å². The minimum Gasteiger partial charge on any atom is -0.475 e. The maximum absolute atomic E-state index is 5.58. The summed E-state index contributed by atoms with van der Waals surface area (Å²) in [6.07, 6.45) is 4.36. The van der Waals surface area contributed by atoms with Gasteiger partial charge in [-0.05, 0) is 38.5 Å². The van der Waals surface area contributed by atoms with Gasteiger partial charge in [0.25, 0.3) is 0 Å². The van der Waals surface area contributed by atoms with Gasteiger partial charge in [-0.1, -0.05) is 13.8 Å². The molecule has 0 radical (unpaired) electrons. The third-order valence-corrected chi connectivity index (χ3v) is 3.77. The van der Waals surface area contributed by atoms with E-state index >= 15 is 0 Å². The van der Waals surface area contributed by atoms with Crippen molar-refractivity contribution in [3.8, 4) is 5.88 Å². The molecule has 0 spiro atoms. The summed E-state index contributed by atoms with van der Waals surface area (Å²) < 4.78 is 5.58. The highest BCUT2D eigenvalue weighted by molar-refractivity contribution is 5.29. The fourth-order valence-electron chi connectivity index (χ4n) is 2.45. The molecule has 0 aromatic carbocycles. The Labute approximate surface area is 109 Å². The molecule has 3 atom stereocenters. The SMILES string of the molecule is CC(C)Oc1ccnc(NC2CCC(C)C2C)n1. The van der Waals surface area contributed by atoms with Crippen LogP contribution in [0.15, 0.2) is 12.3 Å². The molecule has 2 rings (SSSR count). The number of ether oxygens (including phenoxy) is 1. The largest absolute Gasteiger partial charge is 0.475 e. The van der Waals surface area contributed by atoms with Crippen LogP contribution in [-0.2, 0) is 0 Å². The van der Waals surface area contributed by atoms with E-state index in [9.17, 15) is 0 Å².